The molecule has 1 aliphatic carbocycles. The summed E-state index contributed by atoms with van der Waals surface area (Å²) in [5.74, 6) is -2.09. The van der Waals surface area contributed by atoms with Gasteiger partial charge < -0.3 is 10.2 Å². The lowest BCUT2D eigenvalue weighted by Gasteiger charge is -2.40. The van der Waals surface area contributed by atoms with Crippen LogP contribution in [-0.2, 0) is 9.59 Å². The molecule has 0 aromatic heterocycles. The van der Waals surface area contributed by atoms with E-state index in [1.807, 2.05) is 6.92 Å². The highest BCUT2D eigenvalue weighted by atomic mass is 16.4. The molecule has 4 nitrogen and oxygen atoms in total. The average molecular weight is 186 g/mol. The molecule has 0 unspecified atom stereocenters. The van der Waals surface area contributed by atoms with Crippen LogP contribution in [0.15, 0.2) is 0 Å². The van der Waals surface area contributed by atoms with Crippen LogP contribution in [0.5, 0.6) is 0 Å². The molecule has 1 rings (SSSR count). The van der Waals surface area contributed by atoms with Gasteiger partial charge in [0.15, 0.2) is 5.41 Å². The fourth-order valence-electron chi connectivity index (χ4n) is 1.98. The summed E-state index contributed by atoms with van der Waals surface area (Å²) in [7, 11) is 0. The molecule has 1 aliphatic rings. The molecule has 0 amide bonds. The van der Waals surface area contributed by atoms with E-state index in [2.05, 4.69) is 0 Å². The second-order valence-electron chi connectivity index (χ2n) is 3.76. The van der Waals surface area contributed by atoms with E-state index in [0.717, 1.165) is 12.8 Å². The van der Waals surface area contributed by atoms with Crippen molar-refractivity contribution < 1.29 is 19.8 Å². The number of carboxylic acids is 2. The molecule has 0 bridgehead atoms. The minimum Gasteiger partial charge on any atom is -0.480 e. The van der Waals surface area contributed by atoms with Crippen LogP contribution >= 0.6 is 0 Å². The zero-order valence-electron chi connectivity index (χ0n) is 7.62. The maximum Gasteiger partial charge on any atom is 0.321 e. The molecule has 0 heterocycles. The Morgan fingerprint density at radius 1 is 1.31 bits per heavy atom. The summed E-state index contributed by atoms with van der Waals surface area (Å²) in [5.41, 5.74) is -1.47. The van der Waals surface area contributed by atoms with E-state index in [0.29, 0.717) is 12.8 Å². The van der Waals surface area contributed by atoms with Gasteiger partial charge in [-0.1, -0.05) is 19.8 Å². The molecule has 0 spiro atoms. The summed E-state index contributed by atoms with van der Waals surface area (Å²) in [6.45, 7) is 2.02. The van der Waals surface area contributed by atoms with Gasteiger partial charge in [-0.2, -0.15) is 0 Å². The molecule has 0 aromatic carbocycles. The molecular formula is C9H14O4. The van der Waals surface area contributed by atoms with Crippen LogP contribution in [-0.4, -0.2) is 22.2 Å². The van der Waals surface area contributed by atoms with Crippen LogP contribution in [0.1, 0.15) is 32.6 Å². The Labute approximate surface area is 76.6 Å². The Balaban J connectivity index is 2.59. The van der Waals surface area contributed by atoms with Gasteiger partial charge in [0.2, 0.25) is 0 Å². The van der Waals surface area contributed by atoms with Gasteiger partial charge in [-0.05, 0) is 18.8 Å². The van der Waals surface area contributed by atoms with Crippen LogP contribution in [0.4, 0.5) is 0 Å². The summed E-state index contributed by atoms with van der Waals surface area (Å²) in [5, 5.41) is 17.5. The van der Waals surface area contributed by atoms with Gasteiger partial charge in [-0.3, -0.25) is 9.59 Å². The molecule has 74 valence electrons. The molecule has 0 atom stereocenters. The predicted octanol–water partition coefficient (Wildman–Crippen LogP) is 1.35. The first-order chi connectivity index (χ1) is 6.03. The van der Waals surface area contributed by atoms with Gasteiger partial charge in [0.25, 0.3) is 0 Å². The number of rotatable bonds is 4. The Hall–Kier alpha value is -1.06. The molecule has 1 fully saturated rings. The highest BCUT2D eigenvalue weighted by Crippen LogP contribution is 2.48. The molecule has 2 N–H and O–H groups in total. The van der Waals surface area contributed by atoms with Gasteiger partial charge in [-0.25, -0.2) is 0 Å². The Kier molecular flexibility index (Phi) is 2.59. The molecule has 13 heavy (non-hydrogen) atoms. The number of carboxylic acid groups (broad SMARTS) is 2. The van der Waals surface area contributed by atoms with Crippen molar-refractivity contribution in [1.82, 2.24) is 0 Å². The molecule has 4 heteroatoms. The molecule has 0 saturated heterocycles. The highest BCUT2D eigenvalue weighted by molar-refractivity contribution is 5.99. The minimum atomic E-state index is -1.47. The van der Waals surface area contributed by atoms with Crippen LogP contribution in [0.25, 0.3) is 0 Å². The third-order valence-electron chi connectivity index (χ3n) is 2.79. The van der Waals surface area contributed by atoms with Crippen molar-refractivity contribution in [2.24, 2.45) is 11.3 Å². The second kappa shape index (κ2) is 3.36. The first kappa shape index (κ1) is 10.0. The van der Waals surface area contributed by atoms with Gasteiger partial charge >= 0.3 is 11.9 Å². The van der Waals surface area contributed by atoms with E-state index in [4.69, 9.17) is 10.2 Å². The normalized spacial score (nSPS) is 20.7. The van der Waals surface area contributed by atoms with E-state index in [1.54, 1.807) is 0 Å². The minimum absolute atomic E-state index is 0.289. The number of aliphatic carboxylic acids is 2. The fraction of sp³-hybridized carbons (Fsp3) is 0.778. The lowest BCUT2D eigenvalue weighted by atomic mass is 9.61. The maximum atomic E-state index is 10.7. The van der Waals surface area contributed by atoms with E-state index in [9.17, 15) is 9.59 Å². The quantitative estimate of drug-likeness (QED) is 0.650. The van der Waals surface area contributed by atoms with E-state index >= 15 is 0 Å². The van der Waals surface area contributed by atoms with Gasteiger partial charge in [0.1, 0.15) is 0 Å². The van der Waals surface area contributed by atoms with Crippen LogP contribution in [0.3, 0.4) is 0 Å². The van der Waals surface area contributed by atoms with Gasteiger partial charge in [0, 0.05) is 0 Å². The first-order valence-electron chi connectivity index (χ1n) is 4.49. The summed E-state index contributed by atoms with van der Waals surface area (Å²) in [4.78, 5) is 21.4. The standard InChI is InChI=1S/C9H14O4/c1-2-3-6-4-9(5-6,7(10)11)8(12)13/h6H,2-5H2,1H3,(H,10,11)(H,12,13). The molecule has 0 aromatic rings. The lowest BCUT2D eigenvalue weighted by Crippen LogP contribution is -2.49. The van der Waals surface area contributed by atoms with Crippen LogP contribution < -0.4 is 0 Å². The third-order valence-corrected chi connectivity index (χ3v) is 2.79. The van der Waals surface area contributed by atoms with Gasteiger partial charge in [-0.15, -0.1) is 0 Å². The number of carbonyl (C=O) groups is 2. The largest absolute Gasteiger partial charge is 0.480 e. The molecule has 0 aliphatic heterocycles. The Morgan fingerprint density at radius 3 is 2.08 bits per heavy atom. The maximum absolute atomic E-state index is 10.7. The zero-order chi connectivity index (χ0) is 10.1. The highest BCUT2D eigenvalue weighted by Gasteiger charge is 2.56. The Bertz CT molecular complexity index is 212. The molecule has 0 radical (unpaired) electrons. The second-order valence-corrected chi connectivity index (χ2v) is 3.76. The topological polar surface area (TPSA) is 74.6 Å². The van der Waals surface area contributed by atoms with Crippen molar-refractivity contribution in [3.05, 3.63) is 0 Å². The SMILES string of the molecule is CCCC1CC(C(=O)O)(C(=O)O)C1. The van der Waals surface area contributed by atoms with Crippen LogP contribution in [0.2, 0.25) is 0 Å². The summed E-state index contributed by atoms with van der Waals surface area (Å²) < 4.78 is 0. The third kappa shape index (κ3) is 1.53. The van der Waals surface area contributed by atoms with Crippen molar-refractivity contribution in [1.29, 1.82) is 0 Å². The van der Waals surface area contributed by atoms with E-state index in [-0.39, 0.29) is 5.92 Å². The van der Waals surface area contributed by atoms with Crippen molar-refractivity contribution in [2.75, 3.05) is 0 Å². The van der Waals surface area contributed by atoms with Crippen molar-refractivity contribution in [2.45, 2.75) is 32.6 Å². The average Bonchev–Trinajstić information content (AvgIpc) is 1.93. The molecule has 1 saturated carbocycles. The summed E-state index contributed by atoms with van der Waals surface area (Å²) in [6.07, 6.45) is 2.51. The summed E-state index contributed by atoms with van der Waals surface area (Å²) in [6, 6.07) is 0. The Morgan fingerprint density at radius 2 is 1.77 bits per heavy atom. The fourth-order valence-corrected chi connectivity index (χ4v) is 1.98. The number of hydrogen-bond acceptors (Lipinski definition) is 2. The molecular weight excluding hydrogens is 172 g/mol. The smallest absolute Gasteiger partial charge is 0.321 e. The summed E-state index contributed by atoms with van der Waals surface area (Å²) >= 11 is 0. The van der Waals surface area contributed by atoms with Crippen molar-refractivity contribution in [3.8, 4) is 0 Å². The van der Waals surface area contributed by atoms with Gasteiger partial charge in [0.05, 0.1) is 0 Å². The van der Waals surface area contributed by atoms with Crippen LogP contribution in [0, 0.1) is 11.3 Å². The monoisotopic (exact) mass is 186 g/mol. The van der Waals surface area contributed by atoms with Crippen molar-refractivity contribution >= 4 is 11.9 Å². The van der Waals surface area contributed by atoms with E-state index in [1.165, 1.54) is 0 Å². The predicted molar refractivity (Wildman–Crippen MR) is 45.3 cm³/mol. The van der Waals surface area contributed by atoms with E-state index < -0.39 is 17.4 Å². The first-order valence-corrected chi connectivity index (χ1v) is 4.49. The number of hydrogen-bond donors (Lipinski definition) is 2. The zero-order valence-corrected chi connectivity index (χ0v) is 7.62. The van der Waals surface area contributed by atoms with Crippen molar-refractivity contribution in [3.63, 3.8) is 0 Å². The lowest BCUT2D eigenvalue weighted by molar-refractivity contribution is -0.175.